The van der Waals surface area contributed by atoms with Crippen LogP contribution in [0.5, 0.6) is 17.2 Å². The summed E-state index contributed by atoms with van der Waals surface area (Å²) in [5.41, 5.74) is 0.413. The summed E-state index contributed by atoms with van der Waals surface area (Å²) in [4.78, 5) is 11.8. The number of carbonyl (C=O) groups is 1. The van der Waals surface area contributed by atoms with Gasteiger partial charge < -0.3 is 20.1 Å². The molecule has 0 heterocycles. The Bertz CT molecular complexity index is 661. The normalized spacial score (nSPS) is 10.8. The Kier molecular flexibility index (Phi) is 5.11. The molecule has 0 aliphatic rings. The Morgan fingerprint density at radius 1 is 0.957 bits per heavy atom. The van der Waals surface area contributed by atoms with Crippen molar-refractivity contribution in [2.75, 3.05) is 12.4 Å². The summed E-state index contributed by atoms with van der Waals surface area (Å²) in [6.07, 6.45) is 0. The maximum atomic E-state index is 11.8. The Hall–Kier alpha value is -2.69. The van der Waals surface area contributed by atoms with E-state index in [9.17, 15) is 4.79 Å². The highest BCUT2D eigenvalue weighted by Crippen LogP contribution is 2.31. The number of amides is 2. The zero-order valence-corrected chi connectivity index (χ0v) is 13.8. The average Bonchev–Trinajstić information content (AvgIpc) is 2.48. The first kappa shape index (κ1) is 16.7. The summed E-state index contributed by atoms with van der Waals surface area (Å²) < 4.78 is 11.0. The molecular weight excluding hydrogens is 292 g/mol. The number of urea groups is 1. The van der Waals surface area contributed by atoms with E-state index in [0.717, 1.165) is 0 Å². The number of hydrogen-bond acceptors (Lipinski definition) is 3. The van der Waals surface area contributed by atoms with Gasteiger partial charge in [0.15, 0.2) is 11.5 Å². The number of ether oxygens (including phenoxy) is 2. The van der Waals surface area contributed by atoms with E-state index >= 15 is 0 Å². The van der Waals surface area contributed by atoms with Crippen molar-refractivity contribution in [2.45, 2.75) is 26.3 Å². The van der Waals surface area contributed by atoms with E-state index in [1.165, 1.54) is 0 Å². The highest BCUT2D eigenvalue weighted by molar-refractivity contribution is 5.89. The molecule has 0 aliphatic heterocycles. The van der Waals surface area contributed by atoms with Crippen LogP contribution in [0.1, 0.15) is 20.8 Å². The molecule has 0 aromatic heterocycles. The highest BCUT2D eigenvalue weighted by atomic mass is 16.5. The van der Waals surface area contributed by atoms with Crippen molar-refractivity contribution < 1.29 is 14.3 Å². The number of benzene rings is 2. The zero-order valence-electron chi connectivity index (χ0n) is 13.8. The molecule has 0 atom stereocenters. The first-order valence-corrected chi connectivity index (χ1v) is 7.37. The molecule has 2 aromatic rings. The molecule has 0 radical (unpaired) electrons. The molecule has 0 unspecified atom stereocenters. The van der Waals surface area contributed by atoms with Gasteiger partial charge in [-0.05, 0) is 57.2 Å². The van der Waals surface area contributed by atoms with Crippen LogP contribution in [0.3, 0.4) is 0 Å². The van der Waals surface area contributed by atoms with Crippen LogP contribution in [0.15, 0.2) is 48.5 Å². The monoisotopic (exact) mass is 314 g/mol. The Labute approximate surface area is 136 Å². The van der Waals surface area contributed by atoms with E-state index in [1.807, 2.05) is 45.0 Å². The summed E-state index contributed by atoms with van der Waals surface area (Å²) in [6.45, 7) is 5.78. The minimum absolute atomic E-state index is 0.240. The van der Waals surface area contributed by atoms with E-state index in [1.54, 1.807) is 31.4 Å². The van der Waals surface area contributed by atoms with Crippen molar-refractivity contribution in [2.24, 2.45) is 0 Å². The standard InChI is InChI=1S/C18H22N2O3/c1-18(2,3)20-17(21)19-13-9-11-14(12-10-13)23-16-8-6-5-7-15(16)22-4/h5-12H,1-4H3,(H2,19,20,21). The lowest BCUT2D eigenvalue weighted by Gasteiger charge is -2.20. The third-order valence-electron chi connectivity index (χ3n) is 2.90. The maximum Gasteiger partial charge on any atom is 0.319 e. The van der Waals surface area contributed by atoms with E-state index in [0.29, 0.717) is 22.9 Å². The predicted octanol–water partition coefficient (Wildman–Crippen LogP) is 4.41. The molecule has 2 aromatic carbocycles. The molecule has 122 valence electrons. The van der Waals surface area contributed by atoms with Crippen molar-refractivity contribution >= 4 is 11.7 Å². The molecule has 2 amide bonds. The lowest BCUT2D eigenvalue weighted by molar-refractivity contribution is 0.244. The number of methoxy groups -OCH3 is 1. The fourth-order valence-electron chi connectivity index (χ4n) is 1.94. The second-order valence-corrected chi connectivity index (χ2v) is 6.11. The van der Waals surface area contributed by atoms with Gasteiger partial charge in [-0.1, -0.05) is 12.1 Å². The molecule has 2 rings (SSSR count). The molecule has 5 heteroatoms. The summed E-state index contributed by atoms with van der Waals surface area (Å²) in [7, 11) is 1.60. The lowest BCUT2D eigenvalue weighted by atomic mass is 10.1. The maximum absolute atomic E-state index is 11.8. The van der Waals surface area contributed by atoms with Crippen LogP contribution in [0.4, 0.5) is 10.5 Å². The minimum atomic E-state index is -0.281. The van der Waals surface area contributed by atoms with Gasteiger partial charge in [-0.15, -0.1) is 0 Å². The van der Waals surface area contributed by atoms with Crippen LogP contribution in [-0.2, 0) is 0 Å². The molecule has 5 nitrogen and oxygen atoms in total. The van der Waals surface area contributed by atoms with Gasteiger partial charge in [0.05, 0.1) is 7.11 Å². The van der Waals surface area contributed by atoms with Crippen molar-refractivity contribution in [1.82, 2.24) is 5.32 Å². The van der Waals surface area contributed by atoms with Crippen LogP contribution in [0.2, 0.25) is 0 Å². The summed E-state index contributed by atoms with van der Waals surface area (Å²) >= 11 is 0. The Morgan fingerprint density at radius 3 is 2.13 bits per heavy atom. The van der Waals surface area contributed by atoms with Crippen molar-refractivity contribution in [3.05, 3.63) is 48.5 Å². The summed E-state index contributed by atoms with van der Waals surface area (Å²) in [5.74, 6) is 1.97. The smallest absolute Gasteiger partial charge is 0.319 e. The number of hydrogen-bond donors (Lipinski definition) is 2. The fraction of sp³-hybridized carbons (Fsp3) is 0.278. The summed E-state index contributed by atoms with van der Waals surface area (Å²) in [6, 6.07) is 14.3. The van der Waals surface area contributed by atoms with Gasteiger partial charge in [0.1, 0.15) is 5.75 Å². The second kappa shape index (κ2) is 7.05. The highest BCUT2D eigenvalue weighted by Gasteiger charge is 2.13. The molecule has 0 bridgehead atoms. The predicted molar refractivity (Wildman–Crippen MR) is 91.4 cm³/mol. The van der Waals surface area contributed by atoms with Crippen molar-refractivity contribution in [1.29, 1.82) is 0 Å². The SMILES string of the molecule is COc1ccccc1Oc1ccc(NC(=O)NC(C)(C)C)cc1. The number of anilines is 1. The molecular formula is C18H22N2O3. The van der Waals surface area contributed by atoms with E-state index in [-0.39, 0.29) is 11.6 Å². The second-order valence-electron chi connectivity index (χ2n) is 6.11. The van der Waals surface area contributed by atoms with E-state index in [4.69, 9.17) is 9.47 Å². The first-order valence-electron chi connectivity index (χ1n) is 7.37. The Morgan fingerprint density at radius 2 is 1.57 bits per heavy atom. The number of nitrogens with one attached hydrogen (secondary N) is 2. The number of rotatable bonds is 4. The lowest BCUT2D eigenvalue weighted by Crippen LogP contribution is -2.43. The van der Waals surface area contributed by atoms with E-state index < -0.39 is 0 Å². The molecule has 0 saturated heterocycles. The average molecular weight is 314 g/mol. The van der Waals surface area contributed by atoms with Gasteiger partial charge >= 0.3 is 6.03 Å². The molecule has 0 aliphatic carbocycles. The largest absolute Gasteiger partial charge is 0.493 e. The van der Waals surface area contributed by atoms with Gasteiger partial charge in [-0.25, -0.2) is 4.79 Å². The van der Waals surface area contributed by atoms with Crippen LogP contribution < -0.4 is 20.1 Å². The third-order valence-corrected chi connectivity index (χ3v) is 2.90. The summed E-state index contributed by atoms with van der Waals surface area (Å²) in [5, 5.41) is 5.62. The molecule has 0 fully saturated rings. The molecule has 0 saturated carbocycles. The van der Waals surface area contributed by atoms with Crippen LogP contribution >= 0.6 is 0 Å². The molecule has 23 heavy (non-hydrogen) atoms. The molecule has 0 spiro atoms. The van der Waals surface area contributed by atoms with Crippen molar-refractivity contribution in [3.63, 3.8) is 0 Å². The van der Waals surface area contributed by atoms with Crippen LogP contribution in [0.25, 0.3) is 0 Å². The van der Waals surface area contributed by atoms with Gasteiger partial charge in [-0.3, -0.25) is 0 Å². The van der Waals surface area contributed by atoms with Gasteiger partial charge in [-0.2, -0.15) is 0 Å². The molecule has 2 N–H and O–H groups in total. The minimum Gasteiger partial charge on any atom is -0.493 e. The zero-order chi connectivity index (χ0) is 16.9. The van der Waals surface area contributed by atoms with Gasteiger partial charge in [0.2, 0.25) is 0 Å². The quantitative estimate of drug-likeness (QED) is 0.879. The topological polar surface area (TPSA) is 59.6 Å². The third kappa shape index (κ3) is 5.21. The first-order chi connectivity index (χ1) is 10.9. The van der Waals surface area contributed by atoms with Crippen LogP contribution in [-0.4, -0.2) is 18.7 Å². The van der Waals surface area contributed by atoms with Gasteiger partial charge in [0, 0.05) is 11.2 Å². The fourth-order valence-corrected chi connectivity index (χ4v) is 1.94. The number of para-hydroxylation sites is 2. The van der Waals surface area contributed by atoms with Crippen molar-refractivity contribution in [3.8, 4) is 17.2 Å². The Balaban J connectivity index is 2.01. The number of carbonyl (C=O) groups excluding carboxylic acids is 1. The van der Waals surface area contributed by atoms with Gasteiger partial charge in [0.25, 0.3) is 0 Å². The van der Waals surface area contributed by atoms with E-state index in [2.05, 4.69) is 10.6 Å². The van der Waals surface area contributed by atoms with Crippen LogP contribution in [0, 0.1) is 0 Å².